The molecule has 1 saturated heterocycles. The third kappa shape index (κ3) is 10.1. The summed E-state index contributed by atoms with van der Waals surface area (Å²) in [5.74, 6) is 1.46. The molecule has 258 valence electrons. The van der Waals surface area contributed by atoms with Gasteiger partial charge in [0.1, 0.15) is 29.5 Å². The zero-order valence-electron chi connectivity index (χ0n) is 28.7. The summed E-state index contributed by atoms with van der Waals surface area (Å²) in [6.45, 7) is 9.47. The van der Waals surface area contributed by atoms with Crippen molar-refractivity contribution in [3.05, 3.63) is 89.5 Å². The Morgan fingerprint density at radius 2 is 1.15 bits per heavy atom. The first-order valence-corrected chi connectivity index (χ1v) is 16.0. The molecule has 10 heteroatoms. The van der Waals surface area contributed by atoms with Crippen LogP contribution in [0.5, 0.6) is 17.2 Å². The van der Waals surface area contributed by atoms with Gasteiger partial charge in [0.15, 0.2) is 17.7 Å². The van der Waals surface area contributed by atoms with E-state index in [9.17, 15) is 0 Å². The Morgan fingerprint density at radius 3 is 1.57 bits per heavy atom. The predicted molar refractivity (Wildman–Crippen MR) is 177 cm³/mol. The van der Waals surface area contributed by atoms with Gasteiger partial charge in [-0.3, -0.25) is 0 Å². The average molecular weight is 655 g/mol. The van der Waals surface area contributed by atoms with Crippen molar-refractivity contribution in [1.82, 2.24) is 0 Å². The highest BCUT2D eigenvalue weighted by atomic mass is 16.8. The van der Waals surface area contributed by atoms with Gasteiger partial charge in [0, 0.05) is 13.2 Å². The van der Waals surface area contributed by atoms with Crippen molar-refractivity contribution in [3.8, 4) is 17.2 Å². The van der Waals surface area contributed by atoms with Gasteiger partial charge in [-0.05, 0) is 80.8 Å². The molecule has 1 fully saturated rings. The van der Waals surface area contributed by atoms with Crippen LogP contribution in [0.1, 0.15) is 44.4 Å². The van der Waals surface area contributed by atoms with Crippen molar-refractivity contribution in [1.29, 1.82) is 0 Å². The van der Waals surface area contributed by atoms with Gasteiger partial charge in [0.05, 0.1) is 54.4 Å². The lowest BCUT2D eigenvalue weighted by atomic mass is 9.91. The Labute approximate surface area is 279 Å². The normalized spacial score (nSPS) is 17.7. The quantitative estimate of drug-likeness (QED) is 0.129. The SMILES string of the molecule is CCOC(OCC)[C@@](COCc1ccc(OC)cc1)(OCc1ccc(OC)cc1)[C@H](OCc1ccc(OC)cc1)[C@H]1COC(C)(C)O1. The lowest BCUT2D eigenvalue weighted by molar-refractivity contribution is -0.318. The summed E-state index contributed by atoms with van der Waals surface area (Å²) in [5.41, 5.74) is 1.53. The molecule has 3 aromatic rings. The van der Waals surface area contributed by atoms with Crippen LogP contribution in [0.15, 0.2) is 72.8 Å². The molecule has 0 bridgehead atoms. The molecule has 0 spiro atoms. The molecule has 1 aliphatic heterocycles. The summed E-state index contributed by atoms with van der Waals surface area (Å²) in [6.07, 6.45) is -2.16. The first kappa shape index (κ1) is 36.6. The predicted octanol–water partition coefficient (Wildman–Crippen LogP) is 6.32. The Bertz CT molecular complexity index is 1310. The molecule has 10 nitrogen and oxygen atoms in total. The van der Waals surface area contributed by atoms with E-state index in [4.69, 9.17) is 47.4 Å². The molecular weight excluding hydrogens is 604 g/mol. The van der Waals surface area contributed by atoms with Crippen molar-refractivity contribution in [2.24, 2.45) is 0 Å². The zero-order chi connectivity index (χ0) is 33.7. The maximum atomic E-state index is 6.98. The molecule has 47 heavy (non-hydrogen) atoms. The topological polar surface area (TPSA) is 92.3 Å². The summed E-state index contributed by atoms with van der Waals surface area (Å²) < 4.78 is 61.6. The first-order chi connectivity index (χ1) is 22.8. The van der Waals surface area contributed by atoms with Crippen LogP contribution in [0.25, 0.3) is 0 Å². The van der Waals surface area contributed by atoms with Crippen molar-refractivity contribution in [3.63, 3.8) is 0 Å². The summed E-state index contributed by atoms with van der Waals surface area (Å²) in [7, 11) is 4.92. The molecule has 0 N–H and O–H groups in total. The van der Waals surface area contributed by atoms with E-state index in [-0.39, 0.29) is 26.4 Å². The Balaban J connectivity index is 1.75. The minimum atomic E-state index is -1.31. The van der Waals surface area contributed by atoms with Crippen LogP contribution in [-0.4, -0.2) is 77.6 Å². The van der Waals surface area contributed by atoms with E-state index in [2.05, 4.69) is 0 Å². The maximum absolute atomic E-state index is 6.98. The molecule has 0 unspecified atom stereocenters. The lowest BCUT2D eigenvalue weighted by Crippen LogP contribution is -2.64. The minimum Gasteiger partial charge on any atom is -0.497 e. The van der Waals surface area contributed by atoms with Gasteiger partial charge in [0.2, 0.25) is 0 Å². The number of benzene rings is 3. The monoisotopic (exact) mass is 654 g/mol. The Morgan fingerprint density at radius 1 is 0.681 bits per heavy atom. The van der Waals surface area contributed by atoms with Crippen molar-refractivity contribution < 1.29 is 47.4 Å². The van der Waals surface area contributed by atoms with E-state index in [0.717, 1.165) is 33.9 Å². The van der Waals surface area contributed by atoms with Gasteiger partial charge in [-0.2, -0.15) is 0 Å². The van der Waals surface area contributed by atoms with E-state index in [1.54, 1.807) is 21.3 Å². The van der Waals surface area contributed by atoms with E-state index in [0.29, 0.717) is 19.8 Å². The number of ether oxygens (including phenoxy) is 10. The smallest absolute Gasteiger partial charge is 0.191 e. The fourth-order valence-electron chi connectivity index (χ4n) is 5.43. The number of rotatable bonds is 20. The van der Waals surface area contributed by atoms with Gasteiger partial charge in [-0.15, -0.1) is 0 Å². The minimum absolute atomic E-state index is 0.0629. The molecule has 0 radical (unpaired) electrons. The van der Waals surface area contributed by atoms with Crippen molar-refractivity contribution in [2.45, 2.75) is 77.4 Å². The molecule has 0 aromatic heterocycles. The van der Waals surface area contributed by atoms with Crippen LogP contribution in [0.4, 0.5) is 0 Å². The summed E-state index contributed by atoms with van der Waals surface area (Å²) >= 11 is 0. The summed E-state index contributed by atoms with van der Waals surface area (Å²) in [4.78, 5) is 0. The molecule has 0 aliphatic carbocycles. The van der Waals surface area contributed by atoms with Crippen LogP contribution in [0, 0.1) is 0 Å². The van der Waals surface area contributed by atoms with Crippen LogP contribution in [0.3, 0.4) is 0 Å². The standard InChI is InChI=1S/C37H50O10/c1-8-42-35(43-9-2)37(46-24-29-14-20-32(40-7)21-15-29,26-41-22-27-10-16-30(38-5)17-11-27)34(33-25-45-36(3,4)47-33)44-23-28-12-18-31(39-6)19-13-28/h10-21,33-35H,8-9,22-26H2,1-7H3/t33-,34-,37+/m1/s1. The molecular formula is C37H50O10. The van der Waals surface area contributed by atoms with E-state index in [1.807, 2.05) is 100 Å². The van der Waals surface area contributed by atoms with Crippen molar-refractivity contribution in [2.75, 3.05) is 47.8 Å². The van der Waals surface area contributed by atoms with Crippen LogP contribution in [-0.2, 0) is 53.0 Å². The molecule has 3 atom stereocenters. The third-order valence-electron chi connectivity index (χ3n) is 7.90. The lowest BCUT2D eigenvalue weighted by Gasteiger charge is -2.46. The molecule has 1 aliphatic rings. The Hall–Kier alpha value is -3.22. The van der Waals surface area contributed by atoms with Crippen LogP contribution < -0.4 is 14.2 Å². The largest absolute Gasteiger partial charge is 0.497 e. The highest BCUT2D eigenvalue weighted by Gasteiger charge is 2.56. The van der Waals surface area contributed by atoms with E-state index >= 15 is 0 Å². The first-order valence-electron chi connectivity index (χ1n) is 16.0. The molecule has 0 saturated carbocycles. The molecule has 0 amide bonds. The van der Waals surface area contributed by atoms with Gasteiger partial charge >= 0.3 is 0 Å². The number of methoxy groups -OCH3 is 3. The maximum Gasteiger partial charge on any atom is 0.191 e. The summed E-state index contributed by atoms with van der Waals surface area (Å²) in [5, 5.41) is 0. The number of hydrogen-bond donors (Lipinski definition) is 0. The Kier molecular flexibility index (Phi) is 13.9. The second kappa shape index (κ2) is 17.8. The van der Waals surface area contributed by atoms with Crippen LogP contribution in [0.2, 0.25) is 0 Å². The van der Waals surface area contributed by atoms with E-state index in [1.165, 1.54) is 0 Å². The zero-order valence-corrected chi connectivity index (χ0v) is 28.7. The third-order valence-corrected chi connectivity index (χ3v) is 7.90. The summed E-state index contributed by atoms with van der Waals surface area (Å²) in [6, 6.07) is 23.2. The average Bonchev–Trinajstić information content (AvgIpc) is 3.46. The van der Waals surface area contributed by atoms with Crippen molar-refractivity contribution >= 4 is 0 Å². The van der Waals surface area contributed by atoms with E-state index < -0.39 is 29.9 Å². The van der Waals surface area contributed by atoms with Gasteiger partial charge in [0.25, 0.3) is 0 Å². The fraction of sp³-hybridized carbons (Fsp3) is 0.514. The van der Waals surface area contributed by atoms with Gasteiger partial charge < -0.3 is 47.4 Å². The van der Waals surface area contributed by atoms with Crippen LogP contribution >= 0.6 is 0 Å². The fourth-order valence-corrected chi connectivity index (χ4v) is 5.43. The highest BCUT2D eigenvalue weighted by Crippen LogP contribution is 2.37. The second-order valence-electron chi connectivity index (χ2n) is 11.6. The highest BCUT2D eigenvalue weighted by molar-refractivity contribution is 5.28. The molecule has 1 heterocycles. The second-order valence-corrected chi connectivity index (χ2v) is 11.6. The molecule has 3 aromatic carbocycles. The molecule has 4 rings (SSSR count). The number of hydrogen-bond acceptors (Lipinski definition) is 10. The van der Waals surface area contributed by atoms with Gasteiger partial charge in [-0.1, -0.05) is 36.4 Å². The van der Waals surface area contributed by atoms with Gasteiger partial charge in [-0.25, -0.2) is 0 Å².